The predicted molar refractivity (Wildman–Crippen MR) is 62.4 cm³/mol. The Kier molecular flexibility index (Phi) is 2.77. The van der Waals surface area contributed by atoms with Crippen molar-refractivity contribution in [2.24, 2.45) is 5.92 Å². The molecule has 0 amide bonds. The Morgan fingerprint density at radius 2 is 2.00 bits per heavy atom. The van der Waals surface area contributed by atoms with Crippen LogP contribution in [0.15, 0.2) is 12.1 Å². The van der Waals surface area contributed by atoms with Crippen LogP contribution in [0.3, 0.4) is 0 Å². The monoisotopic (exact) mass is 228 g/mol. The maximum absolute atomic E-state index is 6.16. The van der Waals surface area contributed by atoms with Gasteiger partial charge in [-0.15, -0.1) is 0 Å². The van der Waals surface area contributed by atoms with Crippen LogP contribution in [0.2, 0.25) is 10.0 Å². The number of rotatable bonds is 1. The Balaban J connectivity index is 2.49. The molecule has 76 valence electrons. The number of hydrogen-bond acceptors (Lipinski definition) is 0. The molecule has 0 saturated carbocycles. The summed E-state index contributed by atoms with van der Waals surface area (Å²) >= 11 is 12.2. The molecule has 0 fully saturated rings. The molecule has 2 heteroatoms. The van der Waals surface area contributed by atoms with E-state index in [4.69, 9.17) is 23.2 Å². The van der Waals surface area contributed by atoms with Gasteiger partial charge in [0.15, 0.2) is 0 Å². The smallest absolute Gasteiger partial charge is 0.0455 e. The van der Waals surface area contributed by atoms with E-state index >= 15 is 0 Å². The first kappa shape index (κ1) is 10.3. The van der Waals surface area contributed by atoms with E-state index in [-0.39, 0.29) is 0 Å². The highest BCUT2D eigenvalue weighted by molar-refractivity contribution is 6.35. The molecule has 1 unspecified atom stereocenters. The minimum absolute atomic E-state index is 0.640. The first-order valence-electron chi connectivity index (χ1n) is 5.07. The lowest BCUT2D eigenvalue weighted by Crippen LogP contribution is -2.02. The van der Waals surface area contributed by atoms with Gasteiger partial charge < -0.3 is 0 Å². The van der Waals surface area contributed by atoms with Crippen LogP contribution < -0.4 is 0 Å². The molecule has 1 aliphatic carbocycles. The van der Waals surface area contributed by atoms with Crippen LogP contribution in [-0.2, 0) is 6.42 Å². The standard InChI is InChI=1S/C12H14Cl2/c1-7(2)9-3-4-10-11(9)5-8(13)6-12(10)14/h5-7,9H,3-4H2,1-2H3. The van der Waals surface area contributed by atoms with Crippen molar-refractivity contribution < 1.29 is 0 Å². The van der Waals surface area contributed by atoms with Gasteiger partial charge in [-0.1, -0.05) is 37.0 Å². The van der Waals surface area contributed by atoms with Gasteiger partial charge >= 0.3 is 0 Å². The molecule has 14 heavy (non-hydrogen) atoms. The molecular formula is C12H14Cl2. The molecule has 0 spiro atoms. The molecule has 0 bridgehead atoms. The van der Waals surface area contributed by atoms with Crippen molar-refractivity contribution in [3.05, 3.63) is 33.3 Å². The second-order valence-corrected chi connectivity index (χ2v) is 5.19. The van der Waals surface area contributed by atoms with E-state index in [2.05, 4.69) is 19.9 Å². The largest absolute Gasteiger partial charge is 0.0843 e. The number of fused-ring (bicyclic) bond motifs is 1. The molecule has 0 nitrogen and oxygen atoms in total. The van der Waals surface area contributed by atoms with Crippen molar-refractivity contribution in [2.45, 2.75) is 32.6 Å². The fourth-order valence-corrected chi connectivity index (χ4v) is 2.97. The predicted octanol–water partition coefficient (Wildman–Crippen LogP) is 4.68. The van der Waals surface area contributed by atoms with Gasteiger partial charge in [0, 0.05) is 10.0 Å². The molecule has 1 aromatic carbocycles. The molecule has 0 aromatic heterocycles. The first-order chi connectivity index (χ1) is 6.59. The average molecular weight is 229 g/mol. The van der Waals surface area contributed by atoms with Crippen LogP contribution in [0.1, 0.15) is 37.3 Å². The summed E-state index contributed by atoms with van der Waals surface area (Å²) in [5.74, 6) is 1.31. The van der Waals surface area contributed by atoms with Crippen molar-refractivity contribution in [3.8, 4) is 0 Å². The third kappa shape index (κ3) is 1.66. The zero-order valence-corrected chi connectivity index (χ0v) is 9.99. The average Bonchev–Trinajstić information content (AvgIpc) is 2.47. The Morgan fingerprint density at radius 3 is 2.64 bits per heavy atom. The minimum Gasteiger partial charge on any atom is -0.0843 e. The van der Waals surface area contributed by atoms with Crippen LogP contribution in [0.4, 0.5) is 0 Å². The van der Waals surface area contributed by atoms with Gasteiger partial charge in [-0.25, -0.2) is 0 Å². The Labute approximate surface area is 95.2 Å². The zero-order valence-electron chi connectivity index (χ0n) is 8.48. The highest BCUT2D eigenvalue weighted by Gasteiger charge is 2.26. The fourth-order valence-electron chi connectivity index (χ4n) is 2.37. The Morgan fingerprint density at radius 1 is 1.29 bits per heavy atom. The van der Waals surface area contributed by atoms with E-state index in [1.165, 1.54) is 17.5 Å². The highest BCUT2D eigenvalue weighted by atomic mass is 35.5. The van der Waals surface area contributed by atoms with E-state index in [1.807, 2.05) is 6.07 Å². The summed E-state index contributed by atoms with van der Waals surface area (Å²) in [6.07, 6.45) is 2.32. The van der Waals surface area contributed by atoms with E-state index in [1.54, 1.807) is 0 Å². The first-order valence-corrected chi connectivity index (χ1v) is 5.83. The summed E-state index contributed by atoms with van der Waals surface area (Å²) in [4.78, 5) is 0. The quantitative estimate of drug-likeness (QED) is 0.655. The van der Waals surface area contributed by atoms with Gasteiger partial charge in [0.2, 0.25) is 0 Å². The van der Waals surface area contributed by atoms with Gasteiger partial charge in [-0.2, -0.15) is 0 Å². The van der Waals surface area contributed by atoms with Crippen LogP contribution >= 0.6 is 23.2 Å². The molecule has 1 atom stereocenters. The SMILES string of the molecule is CC(C)C1CCc2c(Cl)cc(Cl)cc21. The minimum atomic E-state index is 0.640. The molecule has 0 saturated heterocycles. The van der Waals surface area contributed by atoms with Crippen LogP contribution in [-0.4, -0.2) is 0 Å². The summed E-state index contributed by atoms with van der Waals surface area (Å²) in [6.45, 7) is 4.52. The molecule has 0 heterocycles. The lowest BCUT2D eigenvalue weighted by molar-refractivity contribution is 0.496. The maximum atomic E-state index is 6.16. The Bertz CT molecular complexity index is 356. The normalized spacial score (nSPS) is 20.2. The van der Waals surface area contributed by atoms with Gasteiger partial charge in [-0.3, -0.25) is 0 Å². The van der Waals surface area contributed by atoms with E-state index in [0.717, 1.165) is 16.5 Å². The summed E-state index contributed by atoms with van der Waals surface area (Å²) in [7, 11) is 0. The summed E-state index contributed by atoms with van der Waals surface area (Å²) in [5.41, 5.74) is 2.69. The molecular weight excluding hydrogens is 215 g/mol. The van der Waals surface area contributed by atoms with Gasteiger partial charge in [0.1, 0.15) is 0 Å². The van der Waals surface area contributed by atoms with Gasteiger partial charge in [0.25, 0.3) is 0 Å². The third-order valence-corrected chi connectivity index (χ3v) is 3.66. The van der Waals surface area contributed by atoms with E-state index in [0.29, 0.717) is 11.8 Å². The third-order valence-electron chi connectivity index (χ3n) is 3.10. The number of hydrogen-bond donors (Lipinski definition) is 0. The van der Waals surface area contributed by atoms with Crippen LogP contribution in [0, 0.1) is 5.92 Å². The maximum Gasteiger partial charge on any atom is 0.0455 e. The van der Waals surface area contributed by atoms with E-state index < -0.39 is 0 Å². The Hall–Kier alpha value is -0.200. The van der Waals surface area contributed by atoms with Crippen molar-refractivity contribution in [1.82, 2.24) is 0 Å². The lowest BCUT2D eigenvalue weighted by atomic mass is 9.90. The molecule has 2 rings (SSSR count). The van der Waals surface area contributed by atoms with Gasteiger partial charge in [-0.05, 0) is 47.9 Å². The van der Waals surface area contributed by atoms with Crippen LogP contribution in [0.25, 0.3) is 0 Å². The molecule has 0 aliphatic heterocycles. The summed E-state index contributed by atoms with van der Waals surface area (Å²) in [5, 5.41) is 1.61. The molecule has 0 radical (unpaired) electrons. The molecule has 1 aliphatic rings. The molecule has 0 N–H and O–H groups in total. The summed E-state index contributed by atoms with van der Waals surface area (Å²) < 4.78 is 0. The lowest BCUT2D eigenvalue weighted by Gasteiger charge is -2.16. The second kappa shape index (κ2) is 3.75. The second-order valence-electron chi connectivity index (χ2n) is 4.34. The van der Waals surface area contributed by atoms with Crippen molar-refractivity contribution >= 4 is 23.2 Å². The molecule has 1 aromatic rings. The van der Waals surface area contributed by atoms with Crippen LogP contribution in [0.5, 0.6) is 0 Å². The van der Waals surface area contributed by atoms with Gasteiger partial charge in [0.05, 0.1) is 0 Å². The number of halogens is 2. The van der Waals surface area contributed by atoms with E-state index in [9.17, 15) is 0 Å². The van der Waals surface area contributed by atoms with Crippen molar-refractivity contribution in [2.75, 3.05) is 0 Å². The van der Waals surface area contributed by atoms with Crippen molar-refractivity contribution in [1.29, 1.82) is 0 Å². The number of benzene rings is 1. The summed E-state index contributed by atoms with van der Waals surface area (Å²) in [6, 6.07) is 3.94. The van der Waals surface area contributed by atoms with Crippen molar-refractivity contribution in [3.63, 3.8) is 0 Å². The topological polar surface area (TPSA) is 0 Å². The highest BCUT2D eigenvalue weighted by Crippen LogP contribution is 2.42. The zero-order chi connectivity index (χ0) is 10.3. The fraction of sp³-hybridized carbons (Fsp3) is 0.500.